The SMILES string of the molecule is COc1ccc(C(=O)/C=C/Oc2cccc([N+](=O)[O-])c2)cc1. The number of carbonyl (C=O) groups excluding carboxylic acids is 1. The number of benzene rings is 2. The molecule has 0 spiro atoms. The monoisotopic (exact) mass is 299 g/mol. The molecule has 0 saturated carbocycles. The van der Waals surface area contributed by atoms with Gasteiger partial charge in [0.15, 0.2) is 5.78 Å². The Bertz CT molecular complexity index is 707. The zero-order valence-electron chi connectivity index (χ0n) is 11.8. The number of nitrogens with zero attached hydrogens (tertiary/aromatic N) is 1. The summed E-state index contributed by atoms with van der Waals surface area (Å²) in [7, 11) is 1.55. The van der Waals surface area contributed by atoms with Crippen LogP contribution in [0.4, 0.5) is 5.69 Å². The quantitative estimate of drug-likeness (QED) is 0.268. The summed E-state index contributed by atoms with van der Waals surface area (Å²) in [5.74, 6) is 0.703. The second kappa shape index (κ2) is 7.03. The molecule has 22 heavy (non-hydrogen) atoms. The molecule has 0 aromatic heterocycles. The molecule has 0 fully saturated rings. The van der Waals surface area contributed by atoms with Crippen molar-refractivity contribution in [1.29, 1.82) is 0 Å². The summed E-state index contributed by atoms with van der Waals surface area (Å²) in [6.07, 6.45) is 2.45. The molecule has 0 amide bonds. The first-order chi connectivity index (χ1) is 10.6. The number of non-ortho nitro benzene ring substituents is 1. The van der Waals surface area contributed by atoms with E-state index in [1.165, 1.54) is 30.5 Å². The molecule has 0 unspecified atom stereocenters. The van der Waals surface area contributed by atoms with Crippen molar-refractivity contribution in [2.24, 2.45) is 0 Å². The lowest BCUT2D eigenvalue weighted by atomic mass is 10.1. The lowest BCUT2D eigenvalue weighted by Crippen LogP contribution is -1.95. The third-order valence-electron chi connectivity index (χ3n) is 2.83. The highest BCUT2D eigenvalue weighted by molar-refractivity contribution is 6.04. The minimum atomic E-state index is -0.515. The van der Waals surface area contributed by atoms with Gasteiger partial charge in [-0.15, -0.1) is 0 Å². The van der Waals surface area contributed by atoms with Crippen LogP contribution in [0.25, 0.3) is 0 Å². The van der Waals surface area contributed by atoms with Crippen molar-refractivity contribution in [2.75, 3.05) is 7.11 Å². The van der Waals surface area contributed by atoms with Crippen molar-refractivity contribution in [2.45, 2.75) is 0 Å². The summed E-state index contributed by atoms with van der Waals surface area (Å²) in [5, 5.41) is 10.6. The fourth-order valence-electron chi connectivity index (χ4n) is 1.70. The molecule has 0 aliphatic carbocycles. The van der Waals surface area contributed by atoms with Gasteiger partial charge in [0.1, 0.15) is 11.5 Å². The van der Waals surface area contributed by atoms with Gasteiger partial charge < -0.3 is 9.47 Å². The van der Waals surface area contributed by atoms with Crippen LogP contribution in [-0.2, 0) is 0 Å². The number of hydrogen-bond donors (Lipinski definition) is 0. The molecular formula is C16H13NO5. The highest BCUT2D eigenvalue weighted by Gasteiger charge is 2.06. The first-order valence-electron chi connectivity index (χ1n) is 6.36. The van der Waals surface area contributed by atoms with E-state index in [2.05, 4.69) is 0 Å². The molecule has 0 aliphatic rings. The van der Waals surface area contributed by atoms with E-state index in [1.807, 2.05) is 0 Å². The molecule has 6 heteroatoms. The van der Waals surface area contributed by atoms with E-state index in [4.69, 9.17) is 9.47 Å². The van der Waals surface area contributed by atoms with Crippen LogP contribution in [-0.4, -0.2) is 17.8 Å². The van der Waals surface area contributed by atoms with E-state index in [0.29, 0.717) is 11.3 Å². The number of allylic oxidation sites excluding steroid dienone is 1. The molecule has 0 aliphatic heterocycles. The fraction of sp³-hybridized carbons (Fsp3) is 0.0625. The van der Waals surface area contributed by atoms with E-state index in [1.54, 1.807) is 37.4 Å². The Balaban J connectivity index is 2.00. The minimum absolute atomic E-state index is 0.0765. The summed E-state index contributed by atoms with van der Waals surface area (Å²) in [4.78, 5) is 22.0. The van der Waals surface area contributed by atoms with Gasteiger partial charge in [0.25, 0.3) is 5.69 Å². The normalized spacial score (nSPS) is 10.4. The van der Waals surface area contributed by atoms with Crippen molar-refractivity contribution in [1.82, 2.24) is 0 Å². The number of ether oxygens (including phenoxy) is 2. The van der Waals surface area contributed by atoms with Gasteiger partial charge in [-0.2, -0.15) is 0 Å². The summed E-state index contributed by atoms with van der Waals surface area (Å²) >= 11 is 0. The van der Waals surface area contributed by atoms with E-state index in [9.17, 15) is 14.9 Å². The van der Waals surface area contributed by atoms with Gasteiger partial charge in [-0.05, 0) is 30.3 Å². The third-order valence-corrected chi connectivity index (χ3v) is 2.83. The molecule has 6 nitrogen and oxygen atoms in total. The molecule has 0 N–H and O–H groups in total. The summed E-state index contributed by atoms with van der Waals surface area (Å²) < 4.78 is 10.2. The molecule has 0 atom stereocenters. The van der Waals surface area contributed by atoms with Crippen LogP contribution in [0.2, 0.25) is 0 Å². The van der Waals surface area contributed by atoms with Crippen LogP contribution < -0.4 is 9.47 Å². The Morgan fingerprint density at radius 1 is 1.14 bits per heavy atom. The summed E-state index contributed by atoms with van der Waals surface area (Å²) in [5.41, 5.74) is 0.409. The predicted octanol–water partition coefficient (Wildman–Crippen LogP) is 3.38. The molecule has 0 bridgehead atoms. The van der Waals surface area contributed by atoms with Crippen LogP contribution in [0.15, 0.2) is 60.9 Å². The topological polar surface area (TPSA) is 78.7 Å². The zero-order valence-corrected chi connectivity index (χ0v) is 11.8. The van der Waals surface area contributed by atoms with Crippen LogP contribution >= 0.6 is 0 Å². The summed E-state index contributed by atoms with van der Waals surface area (Å²) in [6, 6.07) is 12.4. The van der Waals surface area contributed by atoms with Gasteiger partial charge in [0, 0.05) is 17.7 Å². The average Bonchev–Trinajstić information content (AvgIpc) is 2.55. The van der Waals surface area contributed by atoms with E-state index < -0.39 is 4.92 Å². The van der Waals surface area contributed by atoms with Crippen molar-refractivity contribution in [3.63, 3.8) is 0 Å². The van der Waals surface area contributed by atoms with Gasteiger partial charge in [-0.3, -0.25) is 14.9 Å². The molecule has 2 aromatic rings. The van der Waals surface area contributed by atoms with Gasteiger partial charge in [0.05, 0.1) is 24.4 Å². The Kier molecular flexibility index (Phi) is 4.87. The van der Waals surface area contributed by atoms with Crippen LogP contribution in [0.5, 0.6) is 11.5 Å². The number of rotatable bonds is 6. The molecular weight excluding hydrogens is 286 g/mol. The van der Waals surface area contributed by atoms with Gasteiger partial charge in [-0.25, -0.2) is 0 Å². The van der Waals surface area contributed by atoms with Crippen molar-refractivity contribution < 1.29 is 19.2 Å². The van der Waals surface area contributed by atoms with Gasteiger partial charge in [-0.1, -0.05) is 6.07 Å². The van der Waals surface area contributed by atoms with Crippen LogP contribution in [0.1, 0.15) is 10.4 Å². The van der Waals surface area contributed by atoms with Gasteiger partial charge >= 0.3 is 0 Å². The number of nitro groups is 1. The van der Waals surface area contributed by atoms with Crippen LogP contribution in [0, 0.1) is 10.1 Å². The number of methoxy groups -OCH3 is 1. The highest BCUT2D eigenvalue weighted by atomic mass is 16.6. The second-order valence-electron chi connectivity index (χ2n) is 4.27. The first kappa shape index (κ1) is 15.2. The lowest BCUT2D eigenvalue weighted by molar-refractivity contribution is -0.384. The fourth-order valence-corrected chi connectivity index (χ4v) is 1.70. The Labute approximate surface area is 126 Å². The number of carbonyl (C=O) groups is 1. The highest BCUT2D eigenvalue weighted by Crippen LogP contribution is 2.19. The maximum atomic E-state index is 11.9. The van der Waals surface area contributed by atoms with Crippen molar-refractivity contribution in [3.05, 3.63) is 76.5 Å². The first-order valence-corrected chi connectivity index (χ1v) is 6.36. The van der Waals surface area contributed by atoms with E-state index >= 15 is 0 Å². The maximum absolute atomic E-state index is 11.9. The summed E-state index contributed by atoms with van der Waals surface area (Å²) in [6.45, 7) is 0. The van der Waals surface area contributed by atoms with Crippen LogP contribution in [0.3, 0.4) is 0 Å². The van der Waals surface area contributed by atoms with E-state index in [-0.39, 0.29) is 17.2 Å². The molecule has 0 radical (unpaired) electrons. The third kappa shape index (κ3) is 3.92. The lowest BCUT2D eigenvalue weighted by Gasteiger charge is -2.01. The molecule has 2 rings (SSSR count). The predicted molar refractivity (Wildman–Crippen MR) is 80.2 cm³/mol. The number of hydrogen-bond acceptors (Lipinski definition) is 5. The maximum Gasteiger partial charge on any atom is 0.273 e. The number of ketones is 1. The molecule has 0 heterocycles. The Morgan fingerprint density at radius 3 is 2.50 bits per heavy atom. The van der Waals surface area contributed by atoms with E-state index in [0.717, 1.165) is 0 Å². The minimum Gasteiger partial charge on any atom is -0.497 e. The second-order valence-corrected chi connectivity index (χ2v) is 4.27. The molecule has 0 saturated heterocycles. The zero-order chi connectivity index (χ0) is 15.9. The molecule has 112 valence electrons. The van der Waals surface area contributed by atoms with Crippen molar-refractivity contribution in [3.8, 4) is 11.5 Å². The number of nitro benzene ring substituents is 1. The Morgan fingerprint density at radius 2 is 1.86 bits per heavy atom. The molecule has 2 aromatic carbocycles. The standard InChI is InChI=1S/C16H13NO5/c1-21-14-7-5-12(6-8-14)16(18)9-10-22-15-4-2-3-13(11-15)17(19)20/h2-11H,1H3/b10-9+. The Hall–Kier alpha value is -3.15. The largest absolute Gasteiger partial charge is 0.497 e. The van der Waals surface area contributed by atoms with Crippen molar-refractivity contribution >= 4 is 11.5 Å². The smallest absolute Gasteiger partial charge is 0.273 e. The average molecular weight is 299 g/mol. The van der Waals surface area contributed by atoms with Gasteiger partial charge in [0.2, 0.25) is 0 Å².